The molecule has 0 aliphatic carbocycles. The first-order valence-electron chi connectivity index (χ1n) is 6.39. The van der Waals surface area contributed by atoms with Crippen molar-refractivity contribution in [2.24, 2.45) is 11.7 Å². The van der Waals surface area contributed by atoms with Crippen molar-refractivity contribution in [3.05, 3.63) is 35.6 Å². The molecule has 108 valence electrons. The molecule has 1 amide bonds. The van der Waals surface area contributed by atoms with Crippen molar-refractivity contribution in [2.45, 2.75) is 12.5 Å². The van der Waals surface area contributed by atoms with Crippen LogP contribution in [-0.4, -0.2) is 37.0 Å². The number of esters is 1. The predicted molar refractivity (Wildman–Crippen MR) is 70.0 cm³/mol. The standard InChI is InChI=1S/C14H17FN2O3/c1-20-14(19)12(9-2-4-11(15)5-3-9)17-7-6-10(8-17)13(16)18/h2-5,10,12H,6-8H2,1H3,(H2,16,18)/t10-,12-/m0/s1. The first-order valence-corrected chi connectivity index (χ1v) is 6.39. The van der Waals surface area contributed by atoms with Crippen LogP contribution < -0.4 is 5.73 Å². The second kappa shape index (κ2) is 6.00. The highest BCUT2D eigenvalue weighted by molar-refractivity contribution is 5.79. The molecule has 2 atom stereocenters. The maximum Gasteiger partial charge on any atom is 0.327 e. The largest absolute Gasteiger partial charge is 0.468 e. The van der Waals surface area contributed by atoms with E-state index in [1.165, 1.54) is 19.2 Å². The van der Waals surface area contributed by atoms with E-state index >= 15 is 0 Å². The lowest BCUT2D eigenvalue weighted by Crippen LogP contribution is -2.35. The Kier molecular flexibility index (Phi) is 4.34. The monoisotopic (exact) mass is 280 g/mol. The first-order chi connectivity index (χ1) is 9.52. The summed E-state index contributed by atoms with van der Waals surface area (Å²) in [6.07, 6.45) is 0.615. The number of halogens is 1. The average molecular weight is 280 g/mol. The molecule has 6 heteroatoms. The van der Waals surface area contributed by atoms with Crippen molar-refractivity contribution in [1.82, 2.24) is 4.90 Å². The van der Waals surface area contributed by atoms with Gasteiger partial charge in [0.2, 0.25) is 5.91 Å². The van der Waals surface area contributed by atoms with E-state index in [4.69, 9.17) is 10.5 Å². The molecule has 1 saturated heterocycles. The van der Waals surface area contributed by atoms with E-state index in [9.17, 15) is 14.0 Å². The Morgan fingerprint density at radius 2 is 2.05 bits per heavy atom. The number of carbonyl (C=O) groups excluding carboxylic acids is 2. The van der Waals surface area contributed by atoms with E-state index in [1.54, 1.807) is 12.1 Å². The van der Waals surface area contributed by atoms with Crippen LogP contribution in [-0.2, 0) is 14.3 Å². The molecule has 0 saturated carbocycles. The van der Waals surface area contributed by atoms with Crippen molar-refractivity contribution in [2.75, 3.05) is 20.2 Å². The van der Waals surface area contributed by atoms with Crippen molar-refractivity contribution in [3.63, 3.8) is 0 Å². The molecule has 0 aromatic heterocycles. The van der Waals surface area contributed by atoms with Gasteiger partial charge in [0, 0.05) is 13.1 Å². The summed E-state index contributed by atoms with van der Waals surface area (Å²) in [6, 6.07) is 5.06. The third kappa shape index (κ3) is 2.96. The third-order valence-electron chi connectivity index (χ3n) is 3.60. The summed E-state index contributed by atoms with van der Waals surface area (Å²) < 4.78 is 17.8. The van der Waals surface area contributed by atoms with E-state index in [1.807, 2.05) is 4.90 Å². The van der Waals surface area contributed by atoms with Gasteiger partial charge >= 0.3 is 5.97 Å². The Labute approximate surface area is 116 Å². The summed E-state index contributed by atoms with van der Waals surface area (Å²) in [6.45, 7) is 0.983. The number of amides is 1. The molecule has 1 aliphatic rings. The van der Waals surface area contributed by atoms with E-state index in [0.717, 1.165) is 0 Å². The summed E-state index contributed by atoms with van der Waals surface area (Å²) >= 11 is 0. The number of carbonyl (C=O) groups is 2. The third-order valence-corrected chi connectivity index (χ3v) is 3.60. The summed E-state index contributed by atoms with van der Waals surface area (Å²) in [4.78, 5) is 25.0. The van der Waals surface area contributed by atoms with Crippen LogP contribution in [0.25, 0.3) is 0 Å². The zero-order valence-corrected chi connectivity index (χ0v) is 11.2. The molecule has 1 fully saturated rings. The lowest BCUT2D eigenvalue weighted by Gasteiger charge is -2.25. The van der Waals surface area contributed by atoms with Crippen molar-refractivity contribution in [1.29, 1.82) is 0 Å². The maximum atomic E-state index is 13.0. The van der Waals surface area contributed by atoms with Crippen LogP contribution in [0, 0.1) is 11.7 Å². The molecule has 0 spiro atoms. The van der Waals surface area contributed by atoms with E-state index in [0.29, 0.717) is 25.1 Å². The van der Waals surface area contributed by atoms with Crippen LogP contribution in [0.5, 0.6) is 0 Å². The quantitative estimate of drug-likeness (QED) is 0.830. The second-order valence-corrected chi connectivity index (χ2v) is 4.86. The number of hydrogen-bond donors (Lipinski definition) is 1. The van der Waals surface area contributed by atoms with E-state index in [-0.39, 0.29) is 17.6 Å². The van der Waals surface area contributed by atoms with E-state index < -0.39 is 12.0 Å². The number of nitrogens with two attached hydrogens (primary N) is 1. The molecule has 0 bridgehead atoms. The van der Waals surface area contributed by atoms with Gasteiger partial charge in [0.15, 0.2) is 0 Å². The molecular formula is C14H17FN2O3. The molecule has 2 N–H and O–H groups in total. The number of ether oxygens (including phenoxy) is 1. The van der Waals surface area contributed by atoms with Crippen LogP contribution in [0.4, 0.5) is 4.39 Å². The van der Waals surface area contributed by atoms with Crippen LogP contribution in [0.2, 0.25) is 0 Å². The number of hydrogen-bond acceptors (Lipinski definition) is 4. The van der Waals surface area contributed by atoms with Gasteiger partial charge in [-0.05, 0) is 24.1 Å². The number of rotatable bonds is 4. The van der Waals surface area contributed by atoms with Crippen LogP contribution in [0.1, 0.15) is 18.0 Å². The van der Waals surface area contributed by atoms with Crippen LogP contribution in [0.3, 0.4) is 0 Å². The predicted octanol–water partition coefficient (Wildman–Crippen LogP) is 0.847. The average Bonchev–Trinajstić information content (AvgIpc) is 2.90. The van der Waals surface area contributed by atoms with Gasteiger partial charge < -0.3 is 10.5 Å². The van der Waals surface area contributed by atoms with Crippen molar-refractivity contribution < 1.29 is 18.7 Å². The van der Waals surface area contributed by atoms with Crippen LogP contribution in [0.15, 0.2) is 24.3 Å². The highest BCUT2D eigenvalue weighted by Crippen LogP contribution is 2.28. The topological polar surface area (TPSA) is 72.6 Å². The SMILES string of the molecule is COC(=O)[C@H](c1ccc(F)cc1)N1CC[C@H](C(N)=O)C1. The van der Waals surface area contributed by atoms with Crippen molar-refractivity contribution in [3.8, 4) is 0 Å². The summed E-state index contributed by atoms with van der Waals surface area (Å²) in [5.41, 5.74) is 5.94. The Hall–Kier alpha value is -1.95. The Morgan fingerprint density at radius 1 is 1.40 bits per heavy atom. The second-order valence-electron chi connectivity index (χ2n) is 4.86. The summed E-state index contributed by atoms with van der Waals surface area (Å²) in [7, 11) is 1.31. The lowest BCUT2D eigenvalue weighted by molar-refractivity contribution is -0.147. The highest BCUT2D eigenvalue weighted by Gasteiger charge is 2.36. The fraction of sp³-hybridized carbons (Fsp3) is 0.429. The molecular weight excluding hydrogens is 263 g/mol. The first kappa shape index (κ1) is 14.5. The molecule has 0 unspecified atom stereocenters. The van der Waals surface area contributed by atoms with Gasteiger partial charge in [-0.3, -0.25) is 9.69 Å². The molecule has 1 heterocycles. The van der Waals surface area contributed by atoms with Gasteiger partial charge in [-0.15, -0.1) is 0 Å². The fourth-order valence-electron chi connectivity index (χ4n) is 2.51. The van der Waals surface area contributed by atoms with Gasteiger partial charge in [-0.2, -0.15) is 0 Å². The maximum absolute atomic E-state index is 13.0. The lowest BCUT2D eigenvalue weighted by atomic mass is 10.1. The Balaban J connectivity index is 2.23. The van der Waals surface area contributed by atoms with Gasteiger partial charge in [0.25, 0.3) is 0 Å². The minimum absolute atomic E-state index is 0.261. The Morgan fingerprint density at radius 3 is 2.55 bits per heavy atom. The van der Waals surface area contributed by atoms with Gasteiger partial charge in [-0.1, -0.05) is 12.1 Å². The normalized spacial score (nSPS) is 20.6. The van der Waals surface area contributed by atoms with Gasteiger partial charge in [-0.25, -0.2) is 9.18 Å². The van der Waals surface area contributed by atoms with Gasteiger partial charge in [0.1, 0.15) is 11.9 Å². The molecule has 5 nitrogen and oxygen atoms in total. The number of primary amides is 1. The number of likely N-dealkylation sites (tertiary alicyclic amines) is 1. The molecule has 1 aromatic rings. The Bertz CT molecular complexity index is 504. The highest BCUT2D eigenvalue weighted by atomic mass is 19.1. The zero-order valence-electron chi connectivity index (χ0n) is 11.2. The van der Waals surface area contributed by atoms with Crippen molar-refractivity contribution >= 4 is 11.9 Å². The summed E-state index contributed by atoms with van der Waals surface area (Å²) in [5.74, 6) is -1.42. The van der Waals surface area contributed by atoms with Gasteiger partial charge in [0.05, 0.1) is 13.0 Å². The molecule has 0 radical (unpaired) electrons. The molecule has 20 heavy (non-hydrogen) atoms. The number of nitrogens with zero attached hydrogens (tertiary/aromatic N) is 1. The summed E-state index contributed by atoms with van der Waals surface area (Å²) in [5, 5.41) is 0. The molecule has 1 aromatic carbocycles. The molecule has 1 aliphatic heterocycles. The van der Waals surface area contributed by atoms with E-state index in [2.05, 4.69) is 0 Å². The smallest absolute Gasteiger partial charge is 0.327 e. The zero-order chi connectivity index (χ0) is 14.7. The minimum Gasteiger partial charge on any atom is -0.468 e. The minimum atomic E-state index is -0.634. The van der Waals surface area contributed by atoms with Crippen LogP contribution >= 0.6 is 0 Å². The molecule has 2 rings (SSSR count). The fourth-order valence-corrected chi connectivity index (χ4v) is 2.51. The number of benzene rings is 1. The number of methoxy groups -OCH3 is 1.